The van der Waals surface area contributed by atoms with Crippen LogP contribution in [0.3, 0.4) is 0 Å². The molecule has 2 rings (SSSR count). The highest BCUT2D eigenvalue weighted by atomic mass is 79.9. The lowest BCUT2D eigenvalue weighted by atomic mass is 10.1. The first kappa shape index (κ1) is 16.0. The molecule has 0 saturated heterocycles. The van der Waals surface area contributed by atoms with Crippen LogP contribution >= 0.6 is 15.9 Å². The predicted molar refractivity (Wildman–Crippen MR) is 86.5 cm³/mol. The molecule has 2 aromatic carbocycles. The first-order valence-electron chi connectivity index (χ1n) is 6.32. The van der Waals surface area contributed by atoms with Gasteiger partial charge in [-0.15, -0.1) is 0 Å². The monoisotopic (exact) mass is 364 g/mol. The van der Waals surface area contributed by atoms with Crippen LogP contribution in [-0.2, 0) is 0 Å². The van der Waals surface area contributed by atoms with E-state index in [1.807, 2.05) is 13.0 Å². The Bertz CT molecular complexity index is 746. The van der Waals surface area contributed by atoms with Gasteiger partial charge in [-0.1, -0.05) is 22.0 Å². The highest BCUT2D eigenvalue weighted by molar-refractivity contribution is 9.10. The highest BCUT2D eigenvalue weighted by Crippen LogP contribution is 2.28. The quantitative estimate of drug-likeness (QED) is 0.658. The number of nitrogens with one attached hydrogen (secondary N) is 1. The highest BCUT2D eigenvalue weighted by Gasteiger charge is 2.18. The molecule has 0 atom stereocenters. The molecule has 22 heavy (non-hydrogen) atoms. The van der Waals surface area contributed by atoms with E-state index in [0.29, 0.717) is 5.69 Å². The number of nitro groups is 1. The second-order valence-corrected chi connectivity index (χ2v) is 5.42. The van der Waals surface area contributed by atoms with Crippen molar-refractivity contribution in [2.24, 2.45) is 0 Å². The normalized spacial score (nSPS) is 10.1. The van der Waals surface area contributed by atoms with Gasteiger partial charge in [-0.3, -0.25) is 14.9 Å². The number of nitro benzene ring substituents is 1. The Morgan fingerprint density at radius 2 is 2.00 bits per heavy atom. The maximum Gasteiger partial charge on any atom is 0.311 e. The lowest BCUT2D eigenvalue weighted by Gasteiger charge is -2.08. The van der Waals surface area contributed by atoms with Crippen LogP contribution < -0.4 is 10.1 Å². The number of carbonyl (C=O) groups is 1. The standard InChI is InChI=1S/C15H13BrN2O4/c1-9-3-5-11(8-12(9)16)17-15(19)10-4-6-14(22-2)13(7-10)18(20)21/h3-8H,1-2H3,(H,17,19). The summed E-state index contributed by atoms with van der Waals surface area (Å²) in [5.74, 6) is -0.318. The van der Waals surface area contributed by atoms with E-state index in [9.17, 15) is 14.9 Å². The van der Waals surface area contributed by atoms with Gasteiger partial charge in [0, 0.05) is 21.8 Å². The van der Waals surface area contributed by atoms with Gasteiger partial charge in [0.25, 0.3) is 5.91 Å². The molecular weight excluding hydrogens is 352 g/mol. The Morgan fingerprint density at radius 3 is 2.59 bits per heavy atom. The molecule has 0 unspecified atom stereocenters. The topological polar surface area (TPSA) is 81.5 Å². The fraction of sp³-hybridized carbons (Fsp3) is 0.133. The number of aryl methyl sites for hydroxylation is 1. The third kappa shape index (κ3) is 3.43. The summed E-state index contributed by atoms with van der Waals surface area (Å²) in [5, 5.41) is 13.7. The van der Waals surface area contributed by atoms with E-state index < -0.39 is 10.8 Å². The number of anilines is 1. The molecule has 0 heterocycles. The minimum atomic E-state index is -0.585. The summed E-state index contributed by atoms with van der Waals surface area (Å²) in [5.41, 5.74) is 1.57. The maximum atomic E-state index is 12.2. The van der Waals surface area contributed by atoms with Gasteiger partial charge in [0.15, 0.2) is 5.75 Å². The van der Waals surface area contributed by atoms with Crippen molar-refractivity contribution in [1.82, 2.24) is 0 Å². The van der Waals surface area contributed by atoms with Gasteiger partial charge in [0.05, 0.1) is 12.0 Å². The Labute approximate surface area is 135 Å². The number of hydrogen-bond donors (Lipinski definition) is 1. The van der Waals surface area contributed by atoms with E-state index in [0.717, 1.165) is 10.0 Å². The molecule has 0 saturated carbocycles. The van der Waals surface area contributed by atoms with E-state index in [1.165, 1.54) is 25.3 Å². The first-order chi connectivity index (χ1) is 10.4. The molecule has 0 spiro atoms. The van der Waals surface area contributed by atoms with Gasteiger partial charge in [0.2, 0.25) is 0 Å². The fourth-order valence-corrected chi connectivity index (χ4v) is 2.23. The summed E-state index contributed by atoms with van der Waals surface area (Å²) in [6, 6.07) is 9.46. The van der Waals surface area contributed by atoms with Crippen molar-refractivity contribution in [1.29, 1.82) is 0 Å². The molecule has 0 aliphatic rings. The van der Waals surface area contributed by atoms with E-state index >= 15 is 0 Å². The third-order valence-electron chi connectivity index (χ3n) is 3.07. The molecule has 1 N–H and O–H groups in total. The van der Waals surface area contributed by atoms with Crippen molar-refractivity contribution >= 4 is 33.2 Å². The molecule has 0 aromatic heterocycles. The summed E-state index contributed by atoms with van der Waals surface area (Å²) >= 11 is 3.38. The van der Waals surface area contributed by atoms with Crippen LogP contribution in [0.1, 0.15) is 15.9 Å². The van der Waals surface area contributed by atoms with Crippen LogP contribution in [0.2, 0.25) is 0 Å². The van der Waals surface area contributed by atoms with Gasteiger partial charge in [-0.05, 0) is 36.8 Å². The largest absolute Gasteiger partial charge is 0.490 e. The van der Waals surface area contributed by atoms with Crippen molar-refractivity contribution in [3.05, 3.63) is 62.1 Å². The van der Waals surface area contributed by atoms with Gasteiger partial charge in [-0.25, -0.2) is 0 Å². The molecule has 0 aliphatic heterocycles. The Kier molecular flexibility index (Phi) is 4.77. The zero-order chi connectivity index (χ0) is 16.3. The summed E-state index contributed by atoms with van der Waals surface area (Å²) in [7, 11) is 1.34. The molecule has 1 amide bonds. The van der Waals surface area contributed by atoms with Crippen LogP contribution in [0.15, 0.2) is 40.9 Å². The molecular formula is C15H13BrN2O4. The van der Waals surface area contributed by atoms with Crippen LogP contribution in [0.5, 0.6) is 5.75 Å². The number of hydrogen-bond acceptors (Lipinski definition) is 4. The Balaban J connectivity index is 2.27. The number of nitrogens with zero attached hydrogens (tertiary/aromatic N) is 1. The van der Waals surface area contributed by atoms with E-state index in [-0.39, 0.29) is 17.0 Å². The lowest BCUT2D eigenvalue weighted by Crippen LogP contribution is -2.12. The molecule has 6 nitrogen and oxygen atoms in total. The summed E-state index contributed by atoms with van der Waals surface area (Å²) in [4.78, 5) is 22.6. The van der Waals surface area contributed by atoms with Gasteiger partial charge in [0.1, 0.15) is 0 Å². The second kappa shape index (κ2) is 6.57. The SMILES string of the molecule is COc1ccc(C(=O)Nc2ccc(C)c(Br)c2)cc1[N+](=O)[O-]. The number of carbonyl (C=O) groups excluding carboxylic acids is 1. The second-order valence-electron chi connectivity index (χ2n) is 4.56. The van der Waals surface area contributed by atoms with Crippen LogP contribution in [0.4, 0.5) is 11.4 Å². The summed E-state index contributed by atoms with van der Waals surface area (Å²) in [6.45, 7) is 1.93. The van der Waals surface area contributed by atoms with E-state index in [2.05, 4.69) is 21.2 Å². The molecule has 0 radical (unpaired) electrons. The maximum absolute atomic E-state index is 12.2. The molecule has 2 aromatic rings. The van der Waals surface area contributed by atoms with E-state index in [4.69, 9.17) is 4.74 Å². The third-order valence-corrected chi connectivity index (χ3v) is 3.92. The molecule has 0 aliphatic carbocycles. The smallest absolute Gasteiger partial charge is 0.311 e. The van der Waals surface area contributed by atoms with Crippen LogP contribution in [-0.4, -0.2) is 17.9 Å². The number of ether oxygens (including phenoxy) is 1. The minimum absolute atomic E-state index is 0.111. The van der Waals surface area contributed by atoms with Crippen molar-refractivity contribution in [2.75, 3.05) is 12.4 Å². The number of benzene rings is 2. The Morgan fingerprint density at radius 1 is 1.27 bits per heavy atom. The fourth-order valence-electron chi connectivity index (χ4n) is 1.85. The zero-order valence-electron chi connectivity index (χ0n) is 11.9. The van der Waals surface area contributed by atoms with Crippen LogP contribution in [0.25, 0.3) is 0 Å². The van der Waals surface area contributed by atoms with Crippen LogP contribution in [0, 0.1) is 17.0 Å². The van der Waals surface area contributed by atoms with Gasteiger partial charge < -0.3 is 10.1 Å². The average molecular weight is 365 g/mol. The molecule has 0 fully saturated rings. The average Bonchev–Trinajstić information content (AvgIpc) is 2.50. The number of halogens is 1. The summed E-state index contributed by atoms with van der Waals surface area (Å²) < 4.78 is 5.78. The van der Waals surface area contributed by atoms with Gasteiger partial charge >= 0.3 is 5.69 Å². The van der Waals surface area contributed by atoms with E-state index in [1.54, 1.807) is 12.1 Å². The lowest BCUT2D eigenvalue weighted by molar-refractivity contribution is -0.385. The Hall–Kier alpha value is -2.41. The predicted octanol–water partition coefficient (Wildman–Crippen LogP) is 3.93. The zero-order valence-corrected chi connectivity index (χ0v) is 13.5. The molecule has 7 heteroatoms. The van der Waals surface area contributed by atoms with Crippen molar-refractivity contribution < 1.29 is 14.5 Å². The number of methoxy groups -OCH3 is 1. The first-order valence-corrected chi connectivity index (χ1v) is 7.11. The van der Waals surface area contributed by atoms with Crippen molar-refractivity contribution in [3.8, 4) is 5.75 Å². The minimum Gasteiger partial charge on any atom is -0.490 e. The van der Waals surface area contributed by atoms with Crippen molar-refractivity contribution in [3.63, 3.8) is 0 Å². The molecule has 114 valence electrons. The molecule has 0 bridgehead atoms. The van der Waals surface area contributed by atoms with Gasteiger partial charge in [-0.2, -0.15) is 0 Å². The summed E-state index contributed by atoms with van der Waals surface area (Å²) in [6.07, 6.45) is 0. The number of amides is 1. The van der Waals surface area contributed by atoms with Crippen molar-refractivity contribution in [2.45, 2.75) is 6.92 Å². The number of rotatable bonds is 4.